The second-order valence-electron chi connectivity index (χ2n) is 11.7. The third-order valence-corrected chi connectivity index (χ3v) is 8.78. The van der Waals surface area contributed by atoms with Gasteiger partial charge in [-0.05, 0) is 78.1 Å². The predicted octanol–water partition coefficient (Wildman–Crippen LogP) is 5.42. The second kappa shape index (κ2) is 14.5. The predicted molar refractivity (Wildman–Crippen MR) is 175 cm³/mol. The van der Waals surface area contributed by atoms with Crippen LogP contribution < -0.4 is 30.3 Å². The molecule has 0 aromatic heterocycles. The smallest absolute Gasteiger partial charge is 0.222 e. The van der Waals surface area contributed by atoms with Gasteiger partial charge in [-0.3, -0.25) is 14.4 Å². The largest absolute Gasteiger partial charge is 0.493 e. The number of hydrogen-bond donors (Lipinski definition) is 2. The first-order chi connectivity index (χ1) is 21.8. The number of aryl methyl sites for hydroxylation is 1. The van der Waals surface area contributed by atoms with E-state index in [-0.39, 0.29) is 23.3 Å². The average molecular weight is 614 g/mol. The number of carbonyl (C=O) groups excluding carboxylic acids is 2. The van der Waals surface area contributed by atoms with Crippen molar-refractivity contribution in [3.05, 3.63) is 81.0 Å². The van der Waals surface area contributed by atoms with Crippen LogP contribution >= 0.6 is 0 Å². The average Bonchev–Trinajstić information content (AvgIpc) is 3.29. The molecule has 45 heavy (non-hydrogen) atoms. The number of unbranched alkanes of at least 4 members (excludes halogenated alkanes) is 2. The number of rotatable bonds is 11. The van der Waals surface area contributed by atoms with Gasteiger partial charge in [0.05, 0.1) is 33.1 Å². The lowest BCUT2D eigenvalue weighted by Crippen LogP contribution is -2.35. The summed E-state index contributed by atoms with van der Waals surface area (Å²) in [4.78, 5) is 40.5. The van der Waals surface area contributed by atoms with Crippen LogP contribution in [0.2, 0.25) is 0 Å². The first kappa shape index (κ1) is 31.9. The van der Waals surface area contributed by atoms with Crippen LogP contribution in [-0.2, 0) is 29.0 Å². The zero-order valence-corrected chi connectivity index (χ0v) is 26.7. The molecule has 0 bridgehead atoms. The van der Waals surface area contributed by atoms with Crippen molar-refractivity contribution in [2.45, 2.75) is 64.5 Å². The molecule has 0 saturated carbocycles. The zero-order chi connectivity index (χ0) is 31.9. The number of nitrogens with zero attached hydrogens (tertiary/aromatic N) is 1. The highest BCUT2D eigenvalue weighted by Gasteiger charge is 2.29. The molecule has 3 aromatic carbocycles. The third-order valence-electron chi connectivity index (χ3n) is 8.78. The monoisotopic (exact) mass is 613 g/mol. The van der Waals surface area contributed by atoms with E-state index in [2.05, 4.69) is 28.8 Å². The van der Waals surface area contributed by atoms with Gasteiger partial charge in [-0.15, -0.1) is 0 Å². The van der Waals surface area contributed by atoms with Crippen molar-refractivity contribution in [3.8, 4) is 28.4 Å². The van der Waals surface area contributed by atoms with E-state index >= 15 is 0 Å². The Morgan fingerprint density at radius 1 is 0.889 bits per heavy atom. The van der Waals surface area contributed by atoms with E-state index < -0.39 is 0 Å². The van der Waals surface area contributed by atoms with Crippen molar-refractivity contribution in [1.82, 2.24) is 10.2 Å². The summed E-state index contributed by atoms with van der Waals surface area (Å²) in [5, 5.41) is 6.35. The van der Waals surface area contributed by atoms with Crippen molar-refractivity contribution < 1.29 is 23.8 Å². The van der Waals surface area contributed by atoms with Crippen LogP contribution in [0, 0.1) is 0 Å². The molecule has 2 amide bonds. The Morgan fingerprint density at radius 2 is 1.67 bits per heavy atom. The third kappa shape index (κ3) is 7.08. The highest BCUT2D eigenvalue weighted by Crippen LogP contribution is 2.50. The van der Waals surface area contributed by atoms with Crippen molar-refractivity contribution in [2.75, 3.05) is 39.7 Å². The molecule has 0 saturated heterocycles. The van der Waals surface area contributed by atoms with Crippen LogP contribution in [0.4, 0.5) is 5.69 Å². The van der Waals surface area contributed by atoms with E-state index in [1.807, 2.05) is 23.1 Å². The van der Waals surface area contributed by atoms with Gasteiger partial charge in [-0.25, -0.2) is 0 Å². The molecule has 0 fully saturated rings. The number of amides is 2. The Hall–Kier alpha value is -4.53. The van der Waals surface area contributed by atoms with E-state index in [1.165, 1.54) is 18.1 Å². The highest BCUT2D eigenvalue weighted by molar-refractivity contribution is 5.84. The Bertz CT molecular complexity index is 1620. The number of ether oxygens (including phenoxy) is 3. The molecule has 1 aliphatic carbocycles. The maximum Gasteiger partial charge on any atom is 0.222 e. The SMILES string of the molecule is COc1cc2c(c(OC)c1OC)-c1ccc(NCCCCCC(=O)N3CCc4ccccc4C3)c(=O)cc1C(NC(C)=O)CC2. The van der Waals surface area contributed by atoms with E-state index in [0.717, 1.165) is 54.5 Å². The number of anilines is 1. The topological polar surface area (TPSA) is 106 Å². The van der Waals surface area contributed by atoms with Gasteiger partial charge in [0.15, 0.2) is 11.5 Å². The summed E-state index contributed by atoms with van der Waals surface area (Å²) in [5.41, 5.74) is 6.23. The highest BCUT2D eigenvalue weighted by atomic mass is 16.5. The van der Waals surface area contributed by atoms with E-state index in [1.54, 1.807) is 33.5 Å². The number of methoxy groups -OCH3 is 3. The van der Waals surface area contributed by atoms with Gasteiger partial charge in [-0.2, -0.15) is 0 Å². The lowest BCUT2D eigenvalue weighted by molar-refractivity contribution is -0.132. The molecule has 1 unspecified atom stereocenters. The molecule has 3 aromatic rings. The Labute approximate surface area is 264 Å². The molecule has 1 heterocycles. The molecule has 238 valence electrons. The van der Waals surface area contributed by atoms with Gasteiger partial charge < -0.3 is 29.7 Å². The van der Waals surface area contributed by atoms with Gasteiger partial charge in [-0.1, -0.05) is 36.8 Å². The van der Waals surface area contributed by atoms with Crippen LogP contribution in [0.15, 0.2) is 53.3 Å². The molecule has 2 aliphatic rings. The zero-order valence-electron chi connectivity index (χ0n) is 26.7. The molecule has 0 radical (unpaired) electrons. The molecular weight excluding hydrogens is 570 g/mol. The standard InChI is InChI=1S/C36H43N3O6/c1-23(40)38-29-15-13-25-20-32(43-2)35(44-3)36(45-4)34(25)27-14-16-30(31(41)21-28(27)29)37-18-9-5-6-12-33(42)39-19-17-24-10-7-8-11-26(24)22-39/h7-8,10-11,14,16,20-21,29H,5-6,9,12-13,15,17-19,22H2,1-4H3,(H,37,41)(H,38,40). The molecule has 0 spiro atoms. The number of carbonyl (C=O) groups is 2. The Kier molecular flexibility index (Phi) is 10.3. The van der Waals surface area contributed by atoms with Gasteiger partial charge in [0.1, 0.15) is 0 Å². The quantitative estimate of drug-likeness (QED) is 0.278. The van der Waals surface area contributed by atoms with Gasteiger partial charge in [0.2, 0.25) is 23.0 Å². The van der Waals surface area contributed by atoms with E-state index in [9.17, 15) is 14.4 Å². The number of fused-ring (bicyclic) bond motifs is 4. The fraction of sp³-hybridized carbons (Fsp3) is 0.417. The molecule has 1 atom stereocenters. The number of nitrogens with one attached hydrogen (secondary N) is 2. The van der Waals surface area contributed by atoms with Gasteiger partial charge in [0.25, 0.3) is 0 Å². The summed E-state index contributed by atoms with van der Waals surface area (Å²) in [7, 11) is 4.74. The lowest BCUT2D eigenvalue weighted by Gasteiger charge is -2.29. The molecule has 1 aliphatic heterocycles. The molecule has 9 heteroatoms. The normalized spacial score (nSPS) is 15.1. The lowest BCUT2D eigenvalue weighted by atomic mass is 9.95. The van der Waals surface area contributed by atoms with Crippen molar-refractivity contribution in [2.24, 2.45) is 0 Å². The number of hydrogen-bond acceptors (Lipinski definition) is 7. The minimum absolute atomic E-state index is 0.157. The number of benzene rings is 2. The van der Waals surface area contributed by atoms with Gasteiger partial charge >= 0.3 is 0 Å². The molecule has 2 N–H and O–H groups in total. The van der Waals surface area contributed by atoms with Crippen LogP contribution in [0.25, 0.3) is 11.1 Å². The Balaban J connectivity index is 1.29. The van der Waals surface area contributed by atoms with E-state index in [4.69, 9.17) is 14.2 Å². The van der Waals surface area contributed by atoms with Crippen molar-refractivity contribution in [1.29, 1.82) is 0 Å². The summed E-state index contributed by atoms with van der Waals surface area (Å²) in [6.45, 7) is 3.56. The van der Waals surface area contributed by atoms with E-state index in [0.29, 0.717) is 55.3 Å². The minimum Gasteiger partial charge on any atom is -0.493 e. The molecular formula is C36H43N3O6. The van der Waals surface area contributed by atoms with Crippen molar-refractivity contribution >= 4 is 17.5 Å². The summed E-state index contributed by atoms with van der Waals surface area (Å²) < 4.78 is 17.1. The fourth-order valence-corrected chi connectivity index (χ4v) is 6.52. The maximum atomic E-state index is 13.5. The van der Waals surface area contributed by atoms with Crippen LogP contribution in [0.5, 0.6) is 17.2 Å². The molecule has 5 rings (SSSR count). The summed E-state index contributed by atoms with van der Waals surface area (Å²) in [6, 6.07) is 15.3. The van der Waals surface area contributed by atoms with Gasteiger partial charge in [0, 0.05) is 38.5 Å². The molecule has 9 nitrogen and oxygen atoms in total. The fourth-order valence-electron chi connectivity index (χ4n) is 6.52. The van der Waals surface area contributed by atoms with Crippen LogP contribution in [0.1, 0.15) is 67.3 Å². The minimum atomic E-state index is -0.356. The summed E-state index contributed by atoms with van der Waals surface area (Å²) >= 11 is 0. The maximum absolute atomic E-state index is 13.5. The first-order valence-electron chi connectivity index (χ1n) is 15.7. The second-order valence-corrected chi connectivity index (χ2v) is 11.7. The Morgan fingerprint density at radius 3 is 2.40 bits per heavy atom. The van der Waals surface area contributed by atoms with Crippen LogP contribution in [-0.4, -0.2) is 51.1 Å². The first-order valence-corrected chi connectivity index (χ1v) is 15.7. The summed E-state index contributed by atoms with van der Waals surface area (Å²) in [6.07, 6.45) is 5.20. The van der Waals surface area contributed by atoms with Crippen molar-refractivity contribution in [3.63, 3.8) is 0 Å². The summed E-state index contributed by atoms with van der Waals surface area (Å²) in [5.74, 6) is 1.59. The van der Waals surface area contributed by atoms with Crippen LogP contribution in [0.3, 0.4) is 0 Å².